The molecule has 1 aromatic carbocycles. The Hall–Kier alpha value is -3.57. The normalized spacial score (nSPS) is 13.7. The number of nitrogens with zero attached hydrogens (tertiary/aromatic N) is 4. The van der Waals surface area contributed by atoms with Crippen LogP contribution in [0.1, 0.15) is 15.9 Å². The SMILES string of the molecule is O=C1c2ccnc(-c3ccc(F)cc3OCC(F)(F)F)c2CN1c1cnn(CC(F)F)c1. The van der Waals surface area contributed by atoms with Crippen LogP contribution in [0.2, 0.25) is 0 Å². The predicted molar refractivity (Wildman–Crippen MR) is 99.9 cm³/mol. The summed E-state index contributed by atoms with van der Waals surface area (Å²) in [5.74, 6) is -1.64. The van der Waals surface area contributed by atoms with Gasteiger partial charge in [-0.05, 0) is 18.2 Å². The quantitative estimate of drug-likeness (QED) is 0.515. The Morgan fingerprint density at radius 1 is 1.16 bits per heavy atom. The summed E-state index contributed by atoms with van der Waals surface area (Å²) < 4.78 is 82.5. The molecule has 4 rings (SSSR count). The van der Waals surface area contributed by atoms with Crippen molar-refractivity contribution in [2.24, 2.45) is 0 Å². The number of aromatic nitrogens is 3. The second kappa shape index (κ2) is 8.17. The van der Waals surface area contributed by atoms with Gasteiger partial charge in [-0.1, -0.05) is 0 Å². The molecule has 0 fully saturated rings. The number of benzene rings is 1. The van der Waals surface area contributed by atoms with Gasteiger partial charge in [0.2, 0.25) is 0 Å². The summed E-state index contributed by atoms with van der Waals surface area (Å²) in [6.45, 7) is -2.31. The van der Waals surface area contributed by atoms with Gasteiger partial charge < -0.3 is 9.64 Å². The molecular weight excluding hydrogens is 442 g/mol. The molecule has 6 nitrogen and oxygen atoms in total. The summed E-state index contributed by atoms with van der Waals surface area (Å²) in [6, 6.07) is 4.51. The summed E-state index contributed by atoms with van der Waals surface area (Å²) in [5.41, 5.74) is 1.10. The van der Waals surface area contributed by atoms with Crippen LogP contribution in [-0.2, 0) is 13.1 Å². The van der Waals surface area contributed by atoms with E-state index in [0.29, 0.717) is 5.56 Å². The zero-order chi connectivity index (χ0) is 23.0. The zero-order valence-corrected chi connectivity index (χ0v) is 16.1. The summed E-state index contributed by atoms with van der Waals surface area (Å²) in [7, 11) is 0. The molecule has 3 heterocycles. The molecular formula is C20H14F6N4O2. The second-order valence-electron chi connectivity index (χ2n) is 6.93. The van der Waals surface area contributed by atoms with Gasteiger partial charge >= 0.3 is 6.18 Å². The van der Waals surface area contributed by atoms with Crippen molar-refractivity contribution >= 4 is 11.6 Å². The van der Waals surface area contributed by atoms with Crippen LogP contribution >= 0.6 is 0 Å². The molecule has 0 N–H and O–H groups in total. The minimum Gasteiger partial charge on any atom is -0.483 e. The van der Waals surface area contributed by atoms with E-state index in [4.69, 9.17) is 4.74 Å². The first kappa shape index (κ1) is 21.7. The lowest BCUT2D eigenvalue weighted by atomic mass is 10.0. The number of hydrogen-bond acceptors (Lipinski definition) is 4. The van der Waals surface area contributed by atoms with Gasteiger partial charge in [0, 0.05) is 35.2 Å². The molecule has 1 aliphatic rings. The van der Waals surface area contributed by atoms with E-state index in [1.54, 1.807) is 0 Å². The summed E-state index contributed by atoms with van der Waals surface area (Å²) in [4.78, 5) is 18.3. The highest BCUT2D eigenvalue weighted by Gasteiger charge is 2.34. The number of fused-ring (bicyclic) bond motifs is 1. The Bertz CT molecular complexity index is 1160. The summed E-state index contributed by atoms with van der Waals surface area (Å²) in [6.07, 6.45) is -3.42. The first-order valence-electron chi connectivity index (χ1n) is 9.22. The Kier molecular flexibility index (Phi) is 5.53. The minimum absolute atomic E-state index is 0.0339. The lowest BCUT2D eigenvalue weighted by molar-refractivity contribution is -0.153. The number of anilines is 1. The molecule has 1 amide bonds. The number of carbonyl (C=O) groups excluding carboxylic acids is 1. The fourth-order valence-corrected chi connectivity index (χ4v) is 3.37. The van der Waals surface area contributed by atoms with Crippen molar-refractivity contribution in [2.75, 3.05) is 11.5 Å². The number of alkyl halides is 5. The standard InChI is InChI=1S/C20H14F6N4O2/c21-11-1-2-14(16(5-11)32-10-20(24,25)26)18-15-8-30(19(31)13(15)3-4-27-18)12-6-28-29(7-12)9-17(22)23/h1-7,17H,8-10H2. The van der Waals surface area contributed by atoms with Gasteiger partial charge in [-0.25, -0.2) is 13.2 Å². The average molecular weight is 456 g/mol. The van der Waals surface area contributed by atoms with Crippen LogP contribution in [0.15, 0.2) is 42.9 Å². The van der Waals surface area contributed by atoms with Crippen molar-refractivity contribution in [1.29, 1.82) is 0 Å². The number of hydrogen-bond donors (Lipinski definition) is 0. The predicted octanol–water partition coefficient (Wildman–Crippen LogP) is 4.45. The third-order valence-corrected chi connectivity index (χ3v) is 4.69. The first-order valence-corrected chi connectivity index (χ1v) is 9.22. The van der Waals surface area contributed by atoms with E-state index < -0.39 is 37.5 Å². The van der Waals surface area contributed by atoms with Gasteiger partial charge in [0.05, 0.1) is 24.1 Å². The molecule has 0 saturated carbocycles. The summed E-state index contributed by atoms with van der Waals surface area (Å²) >= 11 is 0. The lowest BCUT2D eigenvalue weighted by Crippen LogP contribution is -2.22. The fraction of sp³-hybridized carbons (Fsp3) is 0.250. The van der Waals surface area contributed by atoms with E-state index in [1.165, 1.54) is 35.6 Å². The maximum Gasteiger partial charge on any atom is 0.422 e. The van der Waals surface area contributed by atoms with E-state index in [2.05, 4.69) is 10.1 Å². The molecule has 2 aromatic heterocycles. The maximum absolute atomic E-state index is 13.7. The lowest BCUT2D eigenvalue weighted by Gasteiger charge is -2.15. The topological polar surface area (TPSA) is 60.2 Å². The molecule has 0 radical (unpaired) electrons. The van der Waals surface area contributed by atoms with Gasteiger partial charge in [0.15, 0.2) is 6.61 Å². The third-order valence-electron chi connectivity index (χ3n) is 4.69. The van der Waals surface area contributed by atoms with Crippen LogP contribution in [0.3, 0.4) is 0 Å². The molecule has 0 spiro atoms. The van der Waals surface area contributed by atoms with Crippen molar-refractivity contribution in [1.82, 2.24) is 14.8 Å². The third kappa shape index (κ3) is 4.39. The number of halogens is 6. The highest BCUT2D eigenvalue weighted by molar-refractivity contribution is 6.11. The monoisotopic (exact) mass is 456 g/mol. The molecule has 0 bridgehead atoms. The Labute approximate surface area is 177 Å². The number of carbonyl (C=O) groups is 1. The van der Waals surface area contributed by atoms with Crippen LogP contribution in [0, 0.1) is 5.82 Å². The smallest absolute Gasteiger partial charge is 0.422 e. The van der Waals surface area contributed by atoms with Crippen LogP contribution in [0.25, 0.3) is 11.3 Å². The van der Waals surface area contributed by atoms with Gasteiger partial charge in [-0.15, -0.1) is 0 Å². The number of ether oxygens (including phenoxy) is 1. The highest BCUT2D eigenvalue weighted by atomic mass is 19.4. The molecule has 3 aromatic rings. The molecule has 168 valence electrons. The molecule has 0 unspecified atom stereocenters. The molecule has 1 aliphatic heterocycles. The van der Waals surface area contributed by atoms with Gasteiger partial charge in [-0.3, -0.25) is 14.5 Å². The van der Waals surface area contributed by atoms with Crippen LogP contribution in [-0.4, -0.2) is 39.9 Å². The van der Waals surface area contributed by atoms with Crippen molar-refractivity contribution in [3.63, 3.8) is 0 Å². The molecule has 0 atom stereocenters. The number of rotatable bonds is 6. The first-order chi connectivity index (χ1) is 15.1. The van der Waals surface area contributed by atoms with Crippen molar-refractivity contribution in [3.05, 3.63) is 59.8 Å². The van der Waals surface area contributed by atoms with E-state index in [0.717, 1.165) is 16.8 Å². The number of pyridine rings is 1. The highest BCUT2D eigenvalue weighted by Crippen LogP contribution is 2.38. The van der Waals surface area contributed by atoms with Crippen molar-refractivity contribution in [3.8, 4) is 17.0 Å². The minimum atomic E-state index is -4.64. The molecule has 12 heteroatoms. The Morgan fingerprint density at radius 3 is 2.66 bits per heavy atom. The van der Waals surface area contributed by atoms with Crippen molar-refractivity contribution < 1.29 is 35.9 Å². The zero-order valence-electron chi connectivity index (χ0n) is 16.1. The van der Waals surface area contributed by atoms with E-state index in [1.807, 2.05) is 0 Å². The van der Waals surface area contributed by atoms with Crippen LogP contribution in [0.5, 0.6) is 5.75 Å². The van der Waals surface area contributed by atoms with Crippen molar-refractivity contribution in [2.45, 2.75) is 25.7 Å². The molecule has 32 heavy (non-hydrogen) atoms. The average Bonchev–Trinajstić information content (AvgIpc) is 3.30. The van der Waals surface area contributed by atoms with E-state index in [9.17, 15) is 31.1 Å². The van der Waals surface area contributed by atoms with E-state index >= 15 is 0 Å². The number of amides is 1. The molecule has 0 saturated heterocycles. The Balaban J connectivity index is 1.69. The summed E-state index contributed by atoms with van der Waals surface area (Å²) in [5, 5.41) is 3.81. The van der Waals surface area contributed by atoms with Crippen LogP contribution in [0.4, 0.5) is 32.0 Å². The van der Waals surface area contributed by atoms with Crippen LogP contribution < -0.4 is 9.64 Å². The van der Waals surface area contributed by atoms with E-state index in [-0.39, 0.29) is 34.8 Å². The van der Waals surface area contributed by atoms with Gasteiger partial charge in [-0.2, -0.15) is 18.3 Å². The largest absolute Gasteiger partial charge is 0.483 e. The fourth-order valence-electron chi connectivity index (χ4n) is 3.37. The molecule has 0 aliphatic carbocycles. The second-order valence-corrected chi connectivity index (χ2v) is 6.93. The van der Waals surface area contributed by atoms with Gasteiger partial charge in [0.25, 0.3) is 12.3 Å². The maximum atomic E-state index is 13.7. The Morgan fingerprint density at radius 2 is 1.94 bits per heavy atom. The van der Waals surface area contributed by atoms with Gasteiger partial charge in [0.1, 0.15) is 18.1 Å².